The van der Waals surface area contributed by atoms with Gasteiger partial charge in [-0.2, -0.15) is 5.10 Å². The molecule has 0 unspecified atom stereocenters. The van der Waals surface area contributed by atoms with Crippen LogP contribution in [0, 0.1) is 18.2 Å². The molecule has 0 radical (unpaired) electrons. The Morgan fingerprint density at radius 2 is 2.11 bits per heavy atom. The van der Waals surface area contributed by atoms with E-state index < -0.39 is 6.80 Å². The summed E-state index contributed by atoms with van der Waals surface area (Å²) in [5.74, 6) is 2.86. The van der Waals surface area contributed by atoms with Gasteiger partial charge < -0.3 is 0 Å². The molecule has 0 bridgehead atoms. The van der Waals surface area contributed by atoms with E-state index in [1.165, 1.54) is 4.68 Å². The highest BCUT2D eigenvalue weighted by atomic mass is 32.1. The van der Waals surface area contributed by atoms with Crippen molar-refractivity contribution >= 4 is 33.9 Å². The highest BCUT2D eigenvalue weighted by molar-refractivity contribution is 7.20. The number of halogens is 1. The van der Waals surface area contributed by atoms with Crippen LogP contribution in [0.1, 0.15) is 30.0 Å². The smallest absolute Gasteiger partial charge is 0.267 e. The topological polar surface area (TPSA) is 58.9 Å². The first-order chi connectivity index (χ1) is 13.6. The average Bonchev–Trinajstić information content (AvgIpc) is 3.40. The molecule has 5 nitrogen and oxygen atoms in total. The molecule has 0 amide bonds. The molecule has 1 aliphatic heterocycles. The first-order valence-electron chi connectivity index (χ1n) is 9.57. The molecule has 4 heterocycles. The largest absolute Gasteiger partial charge is 0.297 e. The average molecular weight is 391 g/mol. The Balaban J connectivity index is 1.45. The Hall–Kier alpha value is -2.66. The zero-order valence-electron chi connectivity index (χ0n) is 15.6. The van der Waals surface area contributed by atoms with Crippen molar-refractivity contribution < 1.29 is 4.39 Å². The second-order valence-corrected chi connectivity index (χ2v) is 8.66. The lowest BCUT2D eigenvalue weighted by Gasteiger charge is -2.21. The zero-order chi connectivity index (χ0) is 19.3. The van der Waals surface area contributed by atoms with Crippen LogP contribution in [0.5, 0.6) is 0 Å². The lowest BCUT2D eigenvalue weighted by atomic mass is 9.41. The monoisotopic (exact) mass is 391 g/mol. The molecule has 3 aromatic heterocycles. The van der Waals surface area contributed by atoms with Crippen LogP contribution in [-0.2, 0) is 6.80 Å². The maximum atomic E-state index is 12.9. The van der Waals surface area contributed by atoms with Gasteiger partial charge in [0.1, 0.15) is 0 Å². The number of alkyl halides is 1. The van der Waals surface area contributed by atoms with Crippen molar-refractivity contribution in [2.24, 2.45) is 0 Å². The molecule has 0 saturated carbocycles. The number of nitriles is 1. The molecule has 1 aliphatic rings. The van der Waals surface area contributed by atoms with Gasteiger partial charge in [-0.25, -0.2) is 19.3 Å². The molecular weight excluding hydrogens is 372 g/mol. The van der Waals surface area contributed by atoms with E-state index in [4.69, 9.17) is 10.2 Å². The summed E-state index contributed by atoms with van der Waals surface area (Å²) in [6.07, 6.45) is 10.1. The van der Waals surface area contributed by atoms with Crippen molar-refractivity contribution in [3.8, 4) is 16.4 Å². The van der Waals surface area contributed by atoms with Crippen LogP contribution in [0.3, 0.4) is 0 Å². The zero-order valence-corrected chi connectivity index (χ0v) is 16.4. The number of thiazole rings is 1. The molecule has 0 aliphatic carbocycles. The molecule has 140 valence electrons. The second kappa shape index (κ2) is 6.75. The summed E-state index contributed by atoms with van der Waals surface area (Å²) in [5.41, 5.74) is 4.14. The SMILES string of the molecule is Cc1cc(-c2cn3cc(C4CCB(C#N)CC4)nc3s2)cc2cn(CF)nc12. The van der Waals surface area contributed by atoms with Crippen LogP contribution >= 0.6 is 11.3 Å². The van der Waals surface area contributed by atoms with Gasteiger partial charge in [0.15, 0.2) is 11.8 Å². The van der Waals surface area contributed by atoms with E-state index in [1.807, 2.05) is 6.92 Å². The lowest BCUT2D eigenvalue weighted by Crippen LogP contribution is -2.18. The summed E-state index contributed by atoms with van der Waals surface area (Å²) in [6, 6.07) is 4.17. The summed E-state index contributed by atoms with van der Waals surface area (Å²) in [7, 11) is 0. The fourth-order valence-electron chi connectivity index (χ4n) is 4.23. The van der Waals surface area contributed by atoms with Crippen molar-refractivity contribution in [2.45, 2.75) is 45.1 Å². The van der Waals surface area contributed by atoms with Crippen molar-refractivity contribution in [1.29, 1.82) is 5.26 Å². The summed E-state index contributed by atoms with van der Waals surface area (Å²) < 4.78 is 16.4. The fourth-order valence-corrected chi connectivity index (χ4v) is 5.19. The van der Waals surface area contributed by atoms with Crippen LogP contribution in [0.4, 0.5) is 4.39 Å². The third kappa shape index (κ3) is 2.90. The van der Waals surface area contributed by atoms with Gasteiger partial charge >= 0.3 is 0 Å². The third-order valence-corrected chi connectivity index (χ3v) is 6.80. The minimum Gasteiger partial charge on any atom is -0.297 e. The molecule has 5 rings (SSSR count). The number of nitrogens with zero attached hydrogens (tertiary/aromatic N) is 5. The molecule has 28 heavy (non-hydrogen) atoms. The van der Waals surface area contributed by atoms with Crippen molar-refractivity contribution in [3.05, 3.63) is 42.0 Å². The number of aromatic nitrogens is 4. The van der Waals surface area contributed by atoms with Gasteiger partial charge in [0.05, 0.1) is 16.1 Å². The molecule has 0 atom stereocenters. The summed E-state index contributed by atoms with van der Waals surface area (Å²) in [5, 5.41) is 14.3. The van der Waals surface area contributed by atoms with Gasteiger partial charge in [-0.3, -0.25) is 4.40 Å². The minimum atomic E-state index is -0.616. The number of rotatable bonds is 3. The van der Waals surface area contributed by atoms with Gasteiger partial charge in [0.2, 0.25) is 0 Å². The number of hydrogen-bond acceptors (Lipinski definition) is 4. The molecule has 4 aromatic rings. The molecular formula is C20H19BFN5S. The normalized spacial score (nSPS) is 15.5. The highest BCUT2D eigenvalue weighted by Gasteiger charge is 2.27. The molecule has 1 aromatic carbocycles. The van der Waals surface area contributed by atoms with Crippen molar-refractivity contribution in [3.63, 3.8) is 0 Å². The van der Waals surface area contributed by atoms with Gasteiger partial charge in [0.25, 0.3) is 6.71 Å². The molecule has 0 N–H and O–H groups in total. The fraction of sp³-hybridized carbons (Fsp3) is 0.350. The lowest BCUT2D eigenvalue weighted by molar-refractivity contribution is 0.351. The quantitative estimate of drug-likeness (QED) is 0.458. The predicted octanol–water partition coefficient (Wildman–Crippen LogP) is 5.08. The number of fused-ring (bicyclic) bond motifs is 2. The number of hydrogen-bond donors (Lipinski definition) is 0. The standard InChI is InChI=1S/C20H19BFN5S/c1-13-6-15(7-16-8-27(12-22)25-19(13)16)18-10-26-9-17(24-20(26)28-18)14-2-4-21(11-23)5-3-14/h6-10,14H,2-5,12H2,1H3. The van der Waals surface area contributed by atoms with E-state index in [0.29, 0.717) is 5.92 Å². The minimum absolute atomic E-state index is 0.214. The van der Waals surface area contributed by atoms with E-state index in [2.05, 4.69) is 40.0 Å². The summed E-state index contributed by atoms with van der Waals surface area (Å²) in [4.78, 5) is 7.00. The first kappa shape index (κ1) is 17.4. The van der Waals surface area contributed by atoms with Crippen LogP contribution in [-0.4, -0.2) is 25.9 Å². The van der Waals surface area contributed by atoms with Crippen LogP contribution in [0.2, 0.25) is 12.6 Å². The van der Waals surface area contributed by atoms with Gasteiger partial charge in [0, 0.05) is 35.9 Å². The van der Waals surface area contributed by atoms with Gasteiger partial charge in [-0.1, -0.05) is 36.8 Å². The second-order valence-electron chi connectivity index (χ2n) is 7.65. The predicted molar refractivity (Wildman–Crippen MR) is 111 cm³/mol. The van der Waals surface area contributed by atoms with E-state index in [9.17, 15) is 4.39 Å². The molecule has 1 fully saturated rings. The van der Waals surface area contributed by atoms with Crippen LogP contribution < -0.4 is 0 Å². The van der Waals surface area contributed by atoms with Crippen molar-refractivity contribution in [2.75, 3.05) is 0 Å². The Kier molecular flexibility index (Phi) is 4.20. The third-order valence-electron chi connectivity index (χ3n) is 5.76. The van der Waals surface area contributed by atoms with Crippen LogP contribution in [0.15, 0.2) is 30.7 Å². The van der Waals surface area contributed by atoms with E-state index >= 15 is 0 Å². The molecule has 1 saturated heterocycles. The Bertz CT molecular complexity index is 1180. The number of imidazole rings is 1. The van der Waals surface area contributed by atoms with Crippen LogP contribution in [0.25, 0.3) is 26.3 Å². The van der Waals surface area contributed by atoms with E-state index in [0.717, 1.165) is 63.0 Å². The van der Waals surface area contributed by atoms with Crippen molar-refractivity contribution in [1.82, 2.24) is 19.2 Å². The Morgan fingerprint density at radius 3 is 2.82 bits per heavy atom. The van der Waals surface area contributed by atoms with Gasteiger partial charge in [-0.05, 0) is 30.2 Å². The Morgan fingerprint density at radius 1 is 1.29 bits per heavy atom. The van der Waals surface area contributed by atoms with E-state index in [1.54, 1.807) is 17.5 Å². The highest BCUT2D eigenvalue weighted by Crippen LogP contribution is 2.36. The number of benzene rings is 1. The van der Waals surface area contributed by atoms with E-state index in [-0.39, 0.29) is 6.71 Å². The summed E-state index contributed by atoms with van der Waals surface area (Å²) in [6.45, 7) is 1.61. The first-order valence-corrected chi connectivity index (χ1v) is 10.4. The number of aryl methyl sites for hydroxylation is 1. The summed E-state index contributed by atoms with van der Waals surface area (Å²) >= 11 is 1.67. The maximum Gasteiger partial charge on any atom is 0.267 e. The Labute approximate surface area is 166 Å². The molecule has 0 spiro atoms. The maximum absolute atomic E-state index is 12.9. The van der Waals surface area contributed by atoms with Gasteiger partial charge in [-0.15, -0.1) is 0 Å². The molecule has 8 heteroatoms.